The number of hydrogen-bond acceptors (Lipinski definition) is 5. The Labute approximate surface area is 116 Å². The van der Waals surface area contributed by atoms with Gasteiger partial charge in [-0.3, -0.25) is 4.98 Å². The Balaban J connectivity index is 2.08. The summed E-state index contributed by atoms with van der Waals surface area (Å²) in [7, 11) is 0. The zero-order valence-corrected chi connectivity index (χ0v) is 12.1. The molecule has 0 unspecified atom stereocenters. The van der Waals surface area contributed by atoms with Crippen molar-refractivity contribution in [3.05, 3.63) is 28.8 Å². The van der Waals surface area contributed by atoms with Gasteiger partial charge in [-0.2, -0.15) is 9.61 Å². The predicted octanol–water partition coefficient (Wildman–Crippen LogP) is 2.96. The SMILES string of the molecule is CCCc1nnc2sc(-c3cncc(Br)c3)nn12. The summed E-state index contributed by atoms with van der Waals surface area (Å²) in [5.74, 6) is 0.915. The molecule has 0 aliphatic rings. The lowest BCUT2D eigenvalue weighted by atomic mass is 10.3. The normalized spacial score (nSPS) is 11.2. The maximum atomic E-state index is 4.55. The average Bonchev–Trinajstić information content (AvgIpc) is 2.92. The number of rotatable bonds is 3. The van der Waals surface area contributed by atoms with Gasteiger partial charge in [-0.1, -0.05) is 18.3 Å². The summed E-state index contributed by atoms with van der Waals surface area (Å²) >= 11 is 4.94. The van der Waals surface area contributed by atoms with Gasteiger partial charge < -0.3 is 0 Å². The molecule has 0 saturated carbocycles. The molecule has 0 amide bonds. The standard InChI is InChI=1S/C11H10BrN5S/c1-2-3-9-14-15-11-17(9)16-10(18-11)7-4-8(12)6-13-5-7/h4-6H,2-3H2,1H3. The summed E-state index contributed by atoms with van der Waals surface area (Å²) in [6, 6.07) is 2.00. The molecule has 0 fully saturated rings. The fraction of sp³-hybridized carbons (Fsp3) is 0.273. The van der Waals surface area contributed by atoms with E-state index in [0.717, 1.165) is 38.7 Å². The van der Waals surface area contributed by atoms with Crippen LogP contribution in [0.4, 0.5) is 0 Å². The quantitative estimate of drug-likeness (QED) is 0.743. The fourth-order valence-electron chi connectivity index (χ4n) is 1.68. The summed E-state index contributed by atoms with van der Waals surface area (Å²) < 4.78 is 2.77. The van der Waals surface area contributed by atoms with Gasteiger partial charge in [0.25, 0.3) is 0 Å². The van der Waals surface area contributed by atoms with Gasteiger partial charge in [0.2, 0.25) is 4.96 Å². The highest BCUT2D eigenvalue weighted by Gasteiger charge is 2.12. The molecule has 0 bridgehead atoms. The highest BCUT2D eigenvalue weighted by Crippen LogP contribution is 2.26. The van der Waals surface area contributed by atoms with E-state index in [1.807, 2.05) is 10.6 Å². The number of hydrogen-bond donors (Lipinski definition) is 0. The van der Waals surface area contributed by atoms with Crippen molar-refractivity contribution in [2.75, 3.05) is 0 Å². The average molecular weight is 324 g/mol. The predicted molar refractivity (Wildman–Crippen MR) is 73.6 cm³/mol. The van der Waals surface area contributed by atoms with Crippen LogP contribution in [0.25, 0.3) is 15.5 Å². The van der Waals surface area contributed by atoms with Crippen LogP contribution in [0.2, 0.25) is 0 Å². The van der Waals surface area contributed by atoms with Crippen LogP contribution in [0, 0.1) is 0 Å². The largest absolute Gasteiger partial charge is 0.263 e. The lowest BCUT2D eigenvalue weighted by molar-refractivity contribution is 0.778. The molecule has 18 heavy (non-hydrogen) atoms. The Morgan fingerprint density at radius 3 is 3.00 bits per heavy atom. The molecule has 0 aromatic carbocycles. The number of nitrogens with zero attached hydrogens (tertiary/aromatic N) is 5. The van der Waals surface area contributed by atoms with Crippen molar-refractivity contribution >= 4 is 32.2 Å². The zero-order valence-electron chi connectivity index (χ0n) is 9.67. The van der Waals surface area contributed by atoms with Crippen LogP contribution in [0.1, 0.15) is 19.2 Å². The van der Waals surface area contributed by atoms with Gasteiger partial charge in [0.15, 0.2) is 5.82 Å². The van der Waals surface area contributed by atoms with E-state index in [4.69, 9.17) is 0 Å². The second kappa shape index (κ2) is 4.74. The van der Waals surface area contributed by atoms with Crippen molar-refractivity contribution in [2.24, 2.45) is 0 Å². The minimum Gasteiger partial charge on any atom is -0.263 e. The van der Waals surface area contributed by atoms with Gasteiger partial charge in [0, 0.05) is 28.9 Å². The van der Waals surface area contributed by atoms with E-state index in [1.54, 1.807) is 12.4 Å². The molecule has 7 heteroatoms. The van der Waals surface area contributed by atoms with E-state index in [2.05, 4.69) is 43.1 Å². The molecule has 3 aromatic heterocycles. The van der Waals surface area contributed by atoms with Gasteiger partial charge in [0.1, 0.15) is 5.01 Å². The molecule has 3 aromatic rings. The van der Waals surface area contributed by atoms with Gasteiger partial charge in [-0.05, 0) is 28.4 Å². The minimum atomic E-state index is 0.827. The van der Waals surface area contributed by atoms with Gasteiger partial charge >= 0.3 is 0 Å². The summed E-state index contributed by atoms with van der Waals surface area (Å²) in [4.78, 5) is 4.98. The molecule has 0 aliphatic carbocycles. The number of aromatic nitrogens is 5. The van der Waals surface area contributed by atoms with E-state index >= 15 is 0 Å². The Morgan fingerprint density at radius 2 is 2.22 bits per heavy atom. The van der Waals surface area contributed by atoms with Crippen molar-refractivity contribution in [3.63, 3.8) is 0 Å². The van der Waals surface area contributed by atoms with Crippen molar-refractivity contribution in [1.82, 2.24) is 24.8 Å². The first-order chi connectivity index (χ1) is 8.78. The first-order valence-corrected chi connectivity index (χ1v) is 7.21. The molecule has 0 N–H and O–H groups in total. The summed E-state index contributed by atoms with van der Waals surface area (Å²) in [5.41, 5.74) is 0.988. The van der Waals surface area contributed by atoms with Crippen LogP contribution in [0.3, 0.4) is 0 Å². The van der Waals surface area contributed by atoms with E-state index in [0.29, 0.717) is 0 Å². The summed E-state index contributed by atoms with van der Waals surface area (Å²) in [6.45, 7) is 2.12. The molecule has 0 atom stereocenters. The molecular formula is C11H10BrN5S. The van der Waals surface area contributed by atoms with E-state index < -0.39 is 0 Å². The molecule has 3 heterocycles. The Hall–Kier alpha value is -1.34. The summed E-state index contributed by atoms with van der Waals surface area (Å²) in [6.07, 6.45) is 5.48. The maximum absolute atomic E-state index is 4.55. The smallest absolute Gasteiger partial charge is 0.234 e. The van der Waals surface area contributed by atoms with E-state index in [-0.39, 0.29) is 0 Å². The van der Waals surface area contributed by atoms with Crippen molar-refractivity contribution in [3.8, 4) is 10.6 Å². The van der Waals surface area contributed by atoms with Crippen LogP contribution in [0.5, 0.6) is 0 Å². The first-order valence-electron chi connectivity index (χ1n) is 5.60. The van der Waals surface area contributed by atoms with Crippen LogP contribution in [-0.4, -0.2) is 24.8 Å². The van der Waals surface area contributed by atoms with Gasteiger partial charge in [-0.15, -0.1) is 10.2 Å². The van der Waals surface area contributed by atoms with Crippen LogP contribution < -0.4 is 0 Å². The van der Waals surface area contributed by atoms with E-state index in [9.17, 15) is 0 Å². The second-order valence-electron chi connectivity index (χ2n) is 3.86. The first kappa shape index (κ1) is 11.7. The van der Waals surface area contributed by atoms with Crippen LogP contribution in [-0.2, 0) is 6.42 Å². The van der Waals surface area contributed by atoms with Gasteiger partial charge in [-0.25, -0.2) is 0 Å². The molecular weight excluding hydrogens is 314 g/mol. The number of pyridine rings is 1. The molecule has 92 valence electrons. The highest BCUT2D eigenvalue weighted by molar-refractivity contribution is 9.10. The number of aryl methyl sites for hydroxylation is 1. The lowest BCUT2D eigenvalue weighted by Crippen LogP contribution is -1.95. The topological polar surface area (TPSA) is 56.0 Å². The highest BCUT2D eigenvalue weighted by atomic mass is 79.9. The lowest BCUT2D eigenvalue weighted by Gasteiger charge is -1.95. The van der Waals surface area contributed by atoms with Crippen LogP contribution >= 0.6 is 27.3 Å². The Morgan fingerprint density at radius 1 is 1.33 bits per heavy atom. The Bertz CT molecular complexity index is 690. The van der Waals surface area contributed by atoms with Gasteiger partial charge in [0.05, 0.1) is 0 Å². The molecule has 0 radical (unpaired) electrons. The van der Waals surface area contributed by atoms with E-state index in [1.165, 1.54) is 11.3 Å². The molecule has 0 spiro atoms. The second-order valence-corrected chi connectivity index (χ2v) is 5.73. The third-order valence-corrected chi connectivity index (χ3v) is 3.86. The molecule has 5 nitrogen and oxygen atoms in total. The van der Waals surface area contributed by atoms with Crippen molar-refractivity contribution in [2.45, 2.75) is 19.8 Å². The monoisotopic (exact) mass is 323 g/mol. The van der Waals surface area contributed by atoms with Crippen molar-refractivity contribution in [1.29, 1.82) is 0 Å². The molecule has 0 aliphatic heterocycles. The number of halogens is 1. The zero-order chi connectivity index (χ0) is 12.5. The van der Waals surface area contributed by atoms with Crippen LogP contribution in [0.15, 0.2) is 22.9 Å². The third-order valence-electron chi connectivity index (χ3n) is 2.48. The van der Waals surface area contributed by atoms with Crippen molar-refractivity contribution < 1.29 is 0 Å². The minimum absolute atomic E-state index is 0.827. The molecule has 3 rings (SSSR count). The fourth-order valence-corrected chi connectivity index (χ4v) is 2.89. The summed E-state index contributed by atoms with van der Waals surface area (Å²) in [5, 5.41) is 13.7. The maximum Gasteiger partial charge on any atom is 0.234 e. The number of fused-ring (bicyclic) bond motifs is 1. The Kier molecular flexibility index (Phi) is 3.09. The molecule has 0 saturated heterocycles. The third kappa shape index (κ3) is 2.04.